The van der Waals surface area contributed by atoms with Crippen molar-refractivity contribution in [3.05, 3.63) is 288 Å². The number of fused-ring (bicyclic) bond motifs is 27. The van der Waals surface area contributed by atoms with Crippen LogP contribution in [-0.4, -0.2) is 19.1 Å². The van der Waals surface area contributed by atoms with Crippen molar-refractivity contribution in [2.75, 3.05) is 0 Å². The van der Waals surface area contributed by atoms with Crippen molar-refractivity contribution in [3.63, 3.8) is 0 Å². The lowest BCUT2D eigenvalue weighted by molar-refractivity contribution is 0.658. The second-order valence-electron chi connectivity index (χ2n) is 26.7. The molecule has 0 N–H and O–H groups in total. The van der Waals surface area contributed by atoms with Crippen LogP contribution >= 0.6 is 0 Å². The van der Waals surface area contributed by atoms with Gasteiger partial charge in [0.2, 0.25) is 5.95 Å². The average molecular weight is 1170 g/mol. The summed E-state index contributed by atoms with van der Waals surface area (Å²) in [6, 6.07) is 91.2. The van der Waals surface area contributed by atoms with E-state index >= 15 is 0 Å². The minimum absolute atomic E-state index is 0.0792. The molecule has 6 heteroatoms. The molecule has 0 saturated carbocycles. The molecule has 0 aliphatic heterocycles. The van der Waals surface area contributed by atoms with Gasteiger partial charge in [0.05, 0.1) is 44.2 Å². The SMILES string of the molecule is CC1(C)c2ccccc2-c2c1c1c(c3ccccc3n1-c1nc(-c3ccccc3)cc(-c3ccccc3)n1)c1oc3ccccc3c21.CC1(C)c2ccccc2-c2ccc(-n3c4ccccc4c4c5oc6ccccc6c5c5c(c43)C(C)(C)c3ccccc3-5)cc21. The molecule has 0 bridgehead atoms. The Bertz CT molecular complexity index is 5930. The minimum atomic E-state index is -0.290. The predicted molar refractivity (Wildman–Crippen MR) is 375 cm³/mol. The van der Waals surface area contributed by atoms with Gasteiger partial charge in [-0.15, -0.1) is 0 Å². The third kappa shape index (κ3) is 6.97. The van der Waals surface area contributed by atoms with Crippen LogP contribution < -0.4 is 0 Å². The highest BCUT2D eigenvalue weighted by Gasteiger charge is 2.44. The van der Waals surface area contributed by atoms with Gasteiger partial charge >= 0.3 is 0 Å². The summed E-state index contributed by atoms with van der Waals surface area (Å²) in [5, 5.41) is 9.37. The zero-order chi connectivity index (χ0) is 60.8. The Hall–Kier alpha value is -11.1. The number of hydrogen-bond acceptors (Lipinski definition) is 4. The zero-order valence-corrected chi connectivity index (χ0v) is 51.4. The maximum atomic E-state index is 6.87. The van der Waals surface area contributed by atoms with E-state index in [1.54, 1.807) is 0 Å². The van der Waals surface area contributed by atoms with E-state index in [1.165, 1.54) is 110 Å². The molecule has 0 atom stereocenters. The van der Waals surface area contributed by atoms with Gasteiger partial charge in [0.25, 0.3) is 0 Å². The van der Waals surface area contributed by atoms with E-state index < -0.39 is 0 Å². The van der Waals surface area contributed by atoms with E-state index in [9.17, 15) is 0 Å². The van der Waals surface area contributed by atoms with Gasteiger partial charge in [-0.1, -0.05) is 254 Å². The summed E-state index contributed by atoms with van der Waals surface area (Å²) in [6.45, 7) is 14.2. The number of para-hydroxylation sites is 4. The maximum absolute atomic E-state index is 6.87. The Morgan fingerprint density at radius 1 is 0.319 bits per heavy atom. The van der Waals surface area contributed by atoms with E-state index in [0.717, 1.165) is 72.0 Å². The van der Waals surface area contributed by atoms with Gasteiger partial charge in [-0.3, -0.25) is 4.57 Å². The first-order valence-corrected chi connectivity index (χ1v) is 31.7. The van der Waals surface area contributed by atoms with E-state index in [1.807, 2.05) is 12.1 Å². The number of furan rings is 2. The minimum Gasteiger partial charge on any atom is -0.455 e. The summed E-state index contributed by atoms with van der Waals surface area (Å²) in [5.41, 5.74) is 28.7. The van der Waals surface area contributed by atoms with Gasteiger partial charge in [0.15, 0.2) is 0 Å². The van der Waals surface area contributed by atoms with Crippen molar-refractivity contribution in [2.24, 2.45) is 0 Å². The van der Waals surface area contributed by atoms with Crippen molar-refractivity contribution in [3.8, 4) is 67.5 Å². The van der Waals surface area contributed by atoms with Gasteiger partial charge in [0.1, 0.15) is 22.3 Å². The van der Waals surface area contributed by atoms with Crippen LogP contribution in [0.1, 0.15) is 74.9 Å². The Balaban J connectivity index is 0.000000131. The van der Waals surface area contributed by atoms with Crippen LogP contribution in [0.3, 0.4) is 0 Å². The molecule has 5 aromatic heterocycles. The molecular formula is C85H60N4O2. The number of aromatic nitrogens is 4. The molecule has 3 aliphatic rings. The van der Waals surface area contributed by atoms with Crippen LogP contribution in [0, 0.1) is 0 Å². The Labute approximate surface area is 525 Å². The summed E-state index contributed by atoms with van der Waals surface area (Å²) >= 11 is 0. The van der Waals surface area contributed by atoms with Gasteiger partial charge in [-0.05, 0) is 109 Å². The monoisotopic (exact) mass is 1170 g/mol. The molecule has 20 rings (SSSR count). The van der Waals surface area contributed by atoms with Gasteiger partial charge < -0.3 is 13.4 Å². The second-order valence-corrected chi connectivity index (χ2v) is 26.7. The van der Waals surface area contributed by atoms with Crippen LogP contribution in [0.25, 0.3) is 155 Å². The quantitative estimate of drug-likeness (QED) is 0.176. The Morgan fingerprint density at radius 2 is 0.714 bits per heavy atom. The Kier molecular flexibility index (Phi) is 10.6. The normalized spacial score (nSPS) is 14.5. The van der Waals surface area contributed by atoms with Crippen LogP contribution in [0.2, 0.25) is 0 Å². The van der Waals surface area contributed by atoms with Crippen molar-refractivity contribution in [1.29, 1.82) is 0 Å². The molecular weight excluding hydrogens is 1110 g/mol. The van der Waals surface area contributed by atoms with E-state index in [-0.39, 0.29) is 16.2 Å². The predicted octanol–water partition coefficient (Wildman–Crippen LogP) is 22.4. The molecule has 432 valence electrons. The number of hydrogen-bond donors (Lipinski definition) is 0. The fraction of sp³-hybridized carbons (Fsp3) is 0.106. The number of nitrogens with zero attached hydrogens (tertiary/aromatic N) is 4. The molecule has 17 aromatic rings. The first kappa shape index (κ1) is 51.9. The number of benzene rings is 12. The highest BCUT2D eigenvalue weighted by molar-refractivity contribution is 6.32. The lowest BCUT2D eigenvalue weighted by atomic mass is 9.81. The highest BCUT2D eigenvalue weighted by atomic mass is 16.3. The van der Waals surface area contributed by atoms with Crippen LogP contribution in [0.4, 0.5) is 0 Å². The van der Waals surface area contributed by atoms with Crippen molar-refractivity contribution in [1.82, 2.24) is 19.1 Å². The molecule has 0 fully saturated rings. The van der Waals surface area contributed by atoms with Gasteiger partial charge in [0, 0.05) is 65.4 Å². The maximum Gasteiger partial charge on any atom is 0.235 e. The molecule has 0 unspecified atom stereocenters. The zero-order valence-electron chi connectivity index (χ0n) is 51.4. The highest BCUT2D eigenvalue weighted by Crippen LogP contribution is 2.60. The molecule has 5 heterocycles. The molecule has 12 aromatic carbocycles. The topological polar surface area (TPSA) is 61.9 Å². The number of rotatable bonds is 4. The van der Waals surface area contributed by atoms with Gasteiger partial charge in [-0.25, -0.2) is 9.97 Å². The standard InChI is InChI=1S/C43H29N3O.C42H31NO/c1-43(2)31-22-12-9-19-28(31)36-37-30-21-11-14-24-35(30)47-41(37)38-29-20-10-13-23-34(29)46(40(38)39(36)43)42-44-32(26-15-5-3-6-16-26)25-33(45-42)27-17-7-4-8-18-27;1-41(2)30-17-9-5-13-25(30)26-22-21-24(23-32(26)41)43-33-19-11-7-15-28(33)37-39(43)38-35(27-14-6-10-18-31(27)42(38,3)4)36-29-16-8-12-20-34(29)44-40(36)37/h3-25H,1-2H3;5-23H,1-4H3. The third-order valence-electron chi connectivity index (χ3n) is 20.7. The first-order chi connectivity index (χ1) is 44.5. The van der Waals surface area contributed by atoms with Crippen LogP contribution in [0.5, 0.6) is 0 Å². The third-order valence-corrected chi connectivity index (χ3v) is 20.7. The van der Waals surface area contributed by atoms with Crippen molar-refractivity contribution >= 4 is 87.5 Å². The molecule has 0 saturated heterocycles. The molecule has 0 spiro atoms. The summed E-state index contributed by atoms with van der Waals surface area (Å²) in [6.07, 6.45) is 0. The second kappa shape index (κ2) is 18.5. The van der Waals surface area contributed by atoms with Crippen LogP contribution in [-0.2, 0) is 16.2 Å². The fourth-order valence-electron chi connectivity index (χ4n) is 16.7. The summed E-state index contributed by atoms with van der Waals surface area (Å²) in [4.78, 5) is 10.7. The van der Waals surface area contributed by atoms with Crippen LogP contribution in [0.15, 0.2) is 264 Å². The fourth-order valence-corrected chi connectivity index (χ4v) is 16.7. The van der Waals surface area contributed by atoms with Gasteiger partial charge in [-0.2, -0.15) is 0 Å². The van der Waals surface area contributed by atoms with E-state index in [4.69, 9.17) is 18.8 Å². The van der Waals surface area contributed by atoms with E-state index in [2.05, 4.69) is 293 Å². The Morgan fingerprint density at radius 3 is 1.23 bits per heavy atom. The molecule has 91 heavy (non-hydrogen) atoms. The van der Waals surface area contributed by atoms with Crippen molar-refractivity contribution < 1.29 is 8.83 Å². The molecule has 0 amide bonds. The molecule has 0 radical (unpaired) electrons. The summed E-state index contributed by atoms with van der Waals surface area (Å²) in [7, 11) is 0. The van der Waals surface area contributed by atoms with Crippen molar-refractivity contribution in [2.45, 2.75) is 57.8 Å². The first-order valence-electron chi connectivity index (χ1n) is 31.7. The summed E-state index contributed by atoms with van der Waals surface area (Å²) in [5.74, 6) is 0.640. The van der Waals surface area contributed by atoms with E-state index in [0.29, 0.717) is 5.95 Å². The average Bonchev–Trinajstić information content (AvgIpc) is 1.52. The smallest absolute Gasteiger partial charge is 0.235 e. The lowest BCUT2D eigenvalue weighted by Crippen LogP contribution is -2.17. The largest absolute Gasteiger partial charge is 0.455 e. The molecule has 3 aliphatic carbocycles. The molecule has 6 nitrogen and oxygen atoms in total. The summed E-state index contributed by atoms with van der Waals surface area (Å²) < 4.78 is 18.6. The lowest BCUT2D eigenvalue weighted by Gasteiger charge is -2.25.